The summed E-state index contributed by atoms with van der Waals surface area (Å²) in [6.45, 7) is 1.18. The Kier molecular flexibility index (Phi) is 2.96. The number of hydrogen-bond acceptors (Lipinski definition) is 5. The zero-order valence-electron chi connectivity index (χ0n) is 11.9. The number of hydrogen-bond donors (Lipinski definition) is 1. The summed E-state index contributed by atoms with van der Waals surface area (Å²) < 4.78 is 11.3. The van der Waals surface area contributed by atoms with E-state index in [-0.39, 0.29) is 11.3 Å². The van der Waals surface area contributed by atoms with Crippen LogP contribution in [-0.2, 0) is 11.8 Å². The van der Waals surface area contributed by atoms with Crippen LogP contribution in [0, 0.1) is 0 Å². The summed E-state index contributed by atoms with van der Waals surface area (Å²) >= 11 is 0. The van der Waals surface area contributed by atoms with E-state index in [4.69, 9.17) is 15.0 Å². The van der Waals surface area contributed by atoms with Gasteiger partial charge in [0.05, 0.1) is 17.9 Å². The van der Waals surface area contributed by atoms with E-state index in [1.54, 1.807) is 0 Å². The second-order valence-electron chi connectivity index (χ2n) is 6.12. The lowest BCUT2D eigenvalue weighted by Crippen LogP contribution is -2.41. The molecule has 21 heavy (non-hydrogen) atoms. The van der Waals surface area contributed by atoms with Gasteiger partial charge >= 0.3 is 0 Å². The van der Waals surface area contributed by atoms with Crippen molar-refractivity contribution < 1.29 is 9.26 Å². The Morgan fingerprint density at radius 2 is 2.14 bits per heavy atom. The molecule has 2 aromatic rings. The van der Waals surface area contributed by atoms with Gasteiger partial charge in [-0.3, -0.25) is 0 Å². The first-order valence-electron chi connectivity index (χ1n) is 7.56. The van der Waals surface area contributed by atoms with Crippen molar-refractivity contribution >= 4 is 0 Å². The van der Waals surface area contributed by atoms with E-state index in [1.165, 1.54) is 12.0 Å². The van der Waals surface area contributed by atoms with Crippen LogP contribution in [-0.4, -0.2) is 23.3 Å². The van der Waals surface area contributed by atoms with Crippen molar-refractivity contribution in [3.63, 3.8) is 0 Å². The molecule has 1 aromatic carbocycles. The molecular weight excluding hydrogens is 266 g/mol. The quantitative estimate of drug-likeness (QED) is 0.935. The molecule has 1 atom stereocenters. The van der Waals surface area contributed by atoms with Crippen LogP contribution in [0.4, 0.5) is 0 Å². The first-order valence-corrected chi connectivity index (χ1v) is 7.56. The number of nitrogens with zero attached hydrogens (tertiary/aromatic N) is 2. The lowest BCUT2D eigenvalue weighted by Gasteiger charge is -2.36. The zero-order valence-corrected chi connectivity index (χ0v) is 11.9. The Morgan fingerprint density at radius 1 is 1.29 bits per heavy atom. The van der Waals surface area contributed by atoms with Crippen LogP contribution in [0.1, 0.15) is 42.5 Å². The minimum absolute atomic E-state index is 0.0708. The van der Waals surface area contributed by atoms with E-state index in [0.717, 1.165) is 30.8 Å². The maximum absolute atomic E-state index is 5.90. The molecule has 1 aromatic heterocycles. The summed E-state index contributed by atoms with van der Waals surface area (Å²) in [5.74, 6) is 2.59. The lowest BCUT2D eigenvalue weighted by molar-refractivity contribution is 0.181. The van der Waals surface area contributed by atoms with Crippen LogP contribution >= 0.6 is 0 Å². The number of nitrogens with two attached hydrogens (primary N) is 1. The van der Waals surface area contributed by atoms with Gasteiger partial charge in [0.15, 0.2) is 5.82 Å². The number of benzene rings is 1. The van der Waals surface area contributed by atoms with Gasteiger partial charge in [-0.05, 0) is 30.9 Å². The number of fused-ring (bicyclic) bond motifs is 1. The fourth-order valence-electron chi connectivity index (χ4n) is 3.22. The summed E-state index contributed by atoms with van der Waals surface area (Å²) in [5, 5.41) is 4.19. The summed E-state index contributed by atoms with van der Waals surface area (Å²) in [7, 11) is 0. The highest BCUT2D eigenvalue weighted by molar-refractivity contribution is 5.36. The second-order valence-corrected chi connectivity index (χ2v) is 6.12. The molecule has 110 valence electrons. The van der Waals surface area contributed by atoms with E-state index in [2.05, 4.69) is 16.2 Å². The fraction of sp³-hybridized carbons (Fsp3) is 0.500. The SMILES string of the molecule is NCC1(c2nc(C3COc4ccccc4C3)no2)CCC1. The van der Waals surface area contributed by atoms with Crippen LogP contribution < -0.4 is 10.5 Å². The molecule has 0 spiro atoms. The summed E-state index contributed by atoms with van der Waals surface area (Å²) in [6, 6.07) is 8.12. The third-order valence-electron chi connectivity index (χ3n) is 4.84. The molecule has 1 fully saturated rings. The molecule has 1 saturated carbocycles. The van der Waals surface area contributed by atoms with Crippen LogP contribution in [0.2, 0.25) is 0 Å². The highest BCUT2D eigenvalue weighted by Gasteiger charge is 2.43. The van der Waals surface area contributed by atoms with Crippen molar-refractivity contribution in [1.82, 2.24) is 10.1 Å². The van der Waals surface area contributed by atoms with E-state index >= 15 is 0 Å². The van der Waals surface area contributed by atoms with Crippen LogP contribution in [0.5, 0.6) is 5.75 Å². The van der Waals surface area contributed by atoms with Gasteiger partial charge in [0.2, 0.25) is 5.89 Å². The largest absolute Gasteiger partial charge is 0.493 e. The standard InChI is InChI=1S/C16H19N3O2/c17-10-16(6-3-7-16)15-18-14(19-21-15)12-8-11-4-1-2-5-13(11)20-9-12/h1-2,4-5,12H,3,6-10,17H2. The average molecular weight is 285 g/mol. The lowest BCUT2D eigenvalue weighted by atomic mass is 9.69. The summed E-state index contributed by atoms with van der Waals surface area (Å²) in [5.41, 5.74) is 7.03. The van der Waals surface area contributed by atoms with Gasteiger partial charge in [-0.2, -0.15) is 4.98 Å². The maximum atomic E-state index is 5.90. The summed E-state index contributed by atoms with van der Waals surface area (Å²) in [6.07, 6.45) is 4.18. The number of rotatable bonds is 3. The molecular formula is C16H19N3O2. The number of ether oxygens (including phenoxy) is 1. The van der Waals surface area contributed by atoms with Crippen LogP contribution in [0.3, 0.4) is 0 Å². The minimum Gasteiger partial charge on any atom is -0.493 e. The van der Waals surface area contributed by atoms with Crippen molar-refractivity contribution in [2.75, 3.05) is 13.2 Å². The second kappa shape index (κ2) is 4.84. The topological polar surface area (TPSA) is 74.2 Å². The van der Waals surface area contributed by atoms with Crippen LogP contribution in [0.15, 0.2) is 28.8 Å². The first-order chi connectivity index (χ1) is 10.3. The zero-order chi connectivity index (χ0) is 14.3. The fourth-order valence-corrected chi connectivity index (χ4v) is 3.22. The van der Waals surface area contributed by atoms with Gasteiger partial charge in [-0.25, -0.2) is 0 Å². The molecule has 2 aliphatic rings. The average Bonchev–Trinajstić information content (AvgIpc) is 2.96. The molecule has 1 aliphatic heterocycles. The Bertz CT molecular complexity index is 643. The molecule has 0 bridgehead atoms. The molecule has 0 saturated heterocycles. The van der Waals surface area contributed by atoms with Gasteiger partial charge in [0, 0.05) is 6.54 Å². The predicted molar refractivity (Wildman–Crippen MR) is 77.3 cm³/mol. The Labute approximate surface area is 123 Å². The van der Waals surface area contributed by atoms with Crippen molar-refractivity contribution in [2.45, 2.75) is 37.0 Å². The molecule has 2 heterocycles. The Morgan fingerprint density at radius 3 is 2.90 bits per heavy atom. The Hall–Kier alpha value is -1.88. The van der Waals surface area contributed by atoms with E-state index < -0.39 is 0 Å². The van der Waals surface area contributed by atoms with Crippen molar-refractivity contribution in [1.29, 1.82) is 0 Å². The van der Waals surface area contributed by atoms with E-state index in [9.17, 15) is 0 Å². The van der Waals surface area contributed by atoms with Gasteiger partial charge in [0.1, 0.15) is 5.75 Å². The monoisotopic (exact) mass is 285 g/mol. The molecule has 1 unspecified atom stereocenters. The smallest absolute Gasteiger partial charge is 0.234 e. The van der Waals surface area contributed by atoms with E-state index in [0.29, 0.717) is 19.0 Å². The van der Waals surface area contributed by atoms with Gasteiger partial charge in [-0.15, -0.1) is 0 Å². The highest BCUT2D eigenvalue weighted by atomic mass is 16.5. The van der Waals surface area contributed by atoms with E-state index in [1.807, 2.05) is 18.2 Å². The van der Waals surface area contributed by atoms with Gasteiger partial charge in [0.25, 0.3) is 0 Å². The first kappa shape index (κ1) is 12.8. The predicted octanol–water partition coefficient (Wildman–Crippen LogP) is 2.17. The van der Waals surface area contributed by atoms with Gasteiger partial charge < -0.3 is 15.0 Å². The van der Waals surface area contributed by atoms with Crippen LogP contribution in [0.25, 0.3) is 0 Å². The molecule has 1 aliphatic carbocycles. The summed E-state index contributed by atoms with van der Waals surface area (Å²) in [4.78, 5) is 4.63. The third-order valence-corrected chi connectivity index (χ3v) is 4.84. The molecule has 5 nitrogen and oxygen atoms in total. The normalized spacial score (nSPS) is 23.0. The van der Waals surface area contributed by atoms with Crippen molar-refractivity contribution in [2.24, 2.45) is 5.73 Å². The van der Waals surface area contributed by atoms with Gasteiger partial charge in [-0.1, -0.05) is 29.8 Å². The Balaban J connectivity index is 1.57. The molecule has 0 radical (unpaired) electrons. The molecule has 4 rings (SSSR count). The molecule has 2 N–H and O–H groups in total. The number of aromatic nitrogens is 2. The molecule has 5 heteroatoms. The van der Waals surface area contributed by atoms with Crippen molar-refractivity contribution in [3.8, 4) is 5.75 Å². The third kappa shape index (κ3) is 2.03. The minimum atomic E-state index is -0.0708. The number of para-hydroxylation sites is 1. The van der Waals surface area contributed by atoms with Crippen molar-refractivity contribution in [3.05, 3.63) is 41.5 Å². The highest BCUT2D eigenvalue weighted by Crippen LogP contribution is 2.42. The molecule has 0 amide bonds. The maximum Gasteiger partial charge on any atom is 0.234 e.